The van der Waals surface area contributed by atoms with Crippen LogP contribution in [0.2, 0.25) is 0 Å². The van der Waals surface area contributed by atoms with E-state index in [1.165, 1.54) is 34.4 Å². The molecule has 0 atom stereocenters. The van der Waals surface area contributed by atoms with Crippen LogP contribution in [0.1, 0.15) is 0 Å². The molecule has 6 nitrogen and oxygen atoms in total. The van der Waals surface area contributed by atoms with E-state index < -0.39 is 0 Å². The van der Waals surface area contributed by atoms with Crippen LogP contribution >= 0.6 is 50.4 Å². The highest BCUT2D eigenvalue weighted by atomic mass is 79.9. The number of hydrogen-bond acceptors (Lipinski definition) is 7. The number of fused-ring (bicyclic) bond motifs is 1. The van der Waals surface area contributed by atoms with Crippen LogP contribution in [0, 0.1) is 0 Å². The maximum Gasteiger partial charge on any atom is 0.236 e. The van der Waals surface area contributed by atoms with Crippen molar-refractivity contribution < 1.29 is 9.59 Å². The Morgan fingerprint density at radius 3 is 2.37 bits per heavy atom. The van der Waals surface area contributed by atoms with Gasteiger partial charge in [0, 0.05) is 15.4 Å². The van der Waals surface area contributed by atoms with E-state index in [0.717, 1.165) is 25.9 Å². The van der Waals surface area contributed by atoms with Crippen LogP contribution in [0.4, 0.5) is 10.3 Å². The van der Waals surface area contributed by atoms with E-state index in [2.05, 4.69) is 36.5 Å². The van der Waals surface area contributed by atoms with Gasteiger partial charge in [-0.2, -0.15) is 0 Å². The number of carbonyl (C=O) groups excluding carboxylic acids is 2. The second-order valence-electron chi connectivity index (χ2n) is 6.12. The summed E-state index contributed by atoms with van der Waals surface area (Å²) >= 11 is 7.45. The minimum absolute atomic E-state index is 0.167. The third-order valence-corrected chi connectivity index (χ3v) is 7.07. The molecule has 0 aliphatic rings. The van der Waals surface area contributed by atoms with Gasteiger partial charge in [-0.3, -0.25) is 9.59 Å². The van der Waals surface area contributed by atoms with E-state index in [0.29, 0.717) is 10.3 Å². The SMILES string of the molecule is O=C(CSCC(=O)Nc1nc2ccccc2s1)Nc1nc(-c2ccc(Br)cc2)cs1. The van der Waals surface area contributed by atoms with Crippen LogP contribution in [0.5, 0.6) is 0 Å². The molecule has 0 fully saturated rings. The number of benzene rings is 2. The maximum atomic E-state index is 12.1. The van der Waals surface area contributed by atoms with Crippen LogP contribution in [0.3, 0.4) is 0 Å². The fraction of sp³-hybridized carbons (Fsp3) is 0.100. The Kier molecular flexibility index (Phi) is 6.78. The molecule has 10 heteroatoms. The zero-order chi connectivity index (χ0) is 20.9. The number of aromatic nitrogens is 2. The predicted molar refractivity (Wildman–Crippen MR) is 129 cm³/mol. The van der Waals surface area contributed by atoms with Crippen molar-refractivity contribution in [1.29, 1.82) is 0 Å². The smallest absolute Gasteiger partial charge is 0.236 e. The first kappa shape index (κ1) is 21.0. The Bertz CT molecular complexity index is 1160. The lowest BCUT2D eigenvalue weighted by atomic mass is 10.2. The first-order valence-corrected chi connectivity index (χ1v) is 12.5. The number of thiazole rings is 2. The van der Waals surface area contributed by atoms with Crippen LogP contribution in [-0.4, -0.2) is 33.3 Å². The van der Waals surface area contributed by atoms with Crippen molar-refractivity contribution in [2.45, 2.75) is 0 Å². The summed E-state index contributed by atoms with van der Waals surface area (Å²) < 4.78 is 2.02. The number of rotatable bonds is 7. The van der Waals surface area contributed by atoms with Crippen molar-refractivity contribution in [2.24, 2.45) is 0 Å². The largest absolute Gasteiger partial charge is 0.301 e. The summed E-state index contributed by atoms with van der Waals surface area (Å²) in [6, 6.07) is 15.5. The van der Waals surface area contributed by atoms with Crippen molar-refractivity contribution >= 4 is 82.7 Å². The molecule has 4 rings (SSSR count). The van der Waals surface area contributed by atoms with Crippen LogP contribution in [0.15, 0.2) is 58.4 Å². The van der Waals surface area contributed by atoms with Crippen molar-refractivity contribution in [3.63, 3.8) is 0 Å². The maximum absolute atomic E-state index is 12.1. The van der Waals surface area contributed by atoms with Crippen molar-refractivity contribution in [2.75, 3.05) is 22.1 Å². The highest BCUT2D eigenvalue weighted by molar-refractivity contribution is 9.10. The molecule has 0 unspecified atom stereocenters. The van der Waals surface area contributed by atoms with Crippen molar-refractivity contribution in [1.82, 2.24) is 9.97 Å². The zero-order valence-electron chi connectivity index (χ0n) is 15.4. The summed E-state index contributed by atoms with van der Waals surface area (Å²) in [4.78, 5) is 33.1. The average molecular weight is 519 g/mol. The van der Waals surface area contributed by atoms with E-state index in [-0.39, 0.29) is 23.3 Å². The third-order valence-electron chi connectivity index (χ3n) is 3.90. The molecule has 0 radical (unpaired) electrons. The summed E-state index contributed by atoms with van der Waals surface area (Å²) in [5, 5.41) is 8.57. The molecule has 4 aromatic rings. The molecule has 0 spiro atoms. The van der Waals surface area contributed by atoms with Crippen LogP contribution in [0.25, 0.3) is 21.5 Å². The Hall–Kier alpha value is -2.27. The summed E-state index contributed by atoms with van der Waals surface area (Å²) in [5.74, 6) is -0.0330. The Morgan fingerprint density at radius 1 is 0.933 bits per heavy atom. The van der Waals surface area contributed by atoms with Gasteiger partial charge in [0.2, 0.25) is 11.8 Å². The van der Waals surface area contributed by atoms with Crippen molar-refractivity contribution in [3.05, 3.63) is 58.4 Å². The molecule has 2 N–H and O–H groups in total. The van der Waals surface area contributed by atoms with Gasteiger partial charge >= 0.3 is 0 Å². The molecule has 2 amide bonds. The van der Waals surface area contributed by atoms with E-state index in [9.17, 15) is 9.59 Å². The van der Waals surface area contributed by atoms with Gasteiger partial charge in [0.25, 0.3) is 0 Å². The lowest BCUT2D eigenvalue weighted by Gasteiger charge is -2.03. The van der Waals surface area contributed by atoms with Gasteiger partial charge in [-0.05, 0) is 24.3 Å². The Labute approximate surface area is 193 Å². The fourth-order valence-electron chi connectivity index (χ4n) is 2.56. The Balaban J connectivity index is 1.23. The molecule has 2 heterocycles. The number of amides is 2. The Morgan fingerprint density at radius 2 is 1.63 bits per heavy atom. The van der Waals surface area contributed by atoms with Gasteiger partial charge in [-0.25, -0.2) is 9.97 Å². The number of thioether (sulfide) groups is 1. The quantitative estimate of drug-likeness (QED) is 0.337. The molecule has 152 valence electrons. The molecule has 0 bridgehead atoms. The monoisotopic (exact) mass is 518 g/mol. The number of hydrogen-bond donors (Lipinski definition) is 2. The second-order valence-corrected chi connectivity index (χ2v) is 9.91. The molecule has 0 saturated carbocycles. The summed E-state index contributed by atoms with van der Waals surface area (Å²) in [6.45, 7) is 0. The van der Waals surface area contributed by atoms with Crippen LogP contribution in [-0.2, 0) is 9.59 Å². The van der Waals surface area contributed by atoms with E-state index in [1.807, 2.05) is 53.9 Å². The summed E-state index contributed by atoms with van der Waals surface area (Å²) in [7, 11) is 0. The lowest BCUT2D eigenvalue weighted by Crippen LogP contribution is -2.18. The highest BCUT2D eigenvalue weighted by Crippen LogP contribution is 2.27. The molecule has 0 saturated heterocycles. The van der Waals surface area contributed by atoms with Gasteiger partial charge in [-0.1, -0.05) is 51.5 Å². The van der Waals surface area contributed by atoms with Gasteiger partial charge in [-0.15, -0.1) is 23.1 Å². The molecule has 0 aliphatic carbocycles. The zero-order valence-corrected chi connectivity index (χ0v) is 19.5. The van der Waals surface area contributed by atoms with Crippen LogP contribution < -0.4 is 10.6 Å². The number of nitrogens with zero attached hydrogens (tertiary/aromatic N) is 2. The minimum Gasteiger partial charge on any atom is -0.301 e. The molecular weight excluding hydrogens is 504 g/mol. The standard InChI is InChI=1S/C20H15BrN4O2S3/c21-13-7-5-12(6-8-13)15-9-29-19(23-15)24-17(26)10-28-11-18(27)25-20-22-14-3-1-2-4-16(14)30-20/h1-9H,10-11H2,(H,22,25,27)(H,23,24,26). The second kappa shape index (κ2) is 9.69. The number of halogens is 1. The van der Waals surface area contributed by atoms with Crippen molar-refractivity contribution in [3.8, 4) is 11.3 Å². The third kappa shape index (κ3) is 5.45. The number of carbonyl (C=O) groups is 2. The normalized spacial score (nSPS) is 10.8. The van der Waals surface area contributed by atoms with Gasteiger partial charge in [0.1, 0.15) is 0 Å². The number of nitrogens with one attached hydrogen (secondary N) is 2. The van der Waals surface area contributed by atoms with E-state index in [4.69, 9.17) is 0 Å². The van der Waals surface area contributed by atoms with Gasteiger partial charge in [0.05, 0.1) is 27.4 Å². The van der Waals surface area contributed by atoms with E-state index >= 15 is 0 Å². The molecule has 0 aliphatic heterocycles. The van der Waals surface area contributed by atoms with E-state index in [1.54, 1.807) is 0 Å². The topological polar surface area (TPSA) is 84.0 Å². The average Bonchev–Trinajstić information content (AvgIpc) is 3.34. The fourth-order valence-corrected chi connectivity index (χ4v) is 5.06. The summed E-state index contributed by atoms with van der Waals surface area (Å²) in [6.07, 6.45) is 0. The minimum atomic E-state index is -0.190. The molecular formula is C20H15BrN4O2S3. The summed E-state index contributed by atoms with van der Waals surface area (Å²) in [5.41, 5.74) is 2.65. The van der Waals surface area contributed by atoms with Gasteiger partial charge in [0.15, 0.2) is 10.3 Å². The lowest BCUT2D eigenvalue weighted by molar-refractivity contribution is -0.114. The molecule has 2 aromatic heterocycles. The highest BCUT2D eigenvalue weighted by Gasteiger charge is 2.11. The number of para-hydroxylation sites is 1. The first-order valence-electron chi connectivity index (χ1n) is 8.81. The molecule has 2 aromatic carbocycles. The first-order chi connectivity index (χ1) is 14.6. The number of anilines is 2. The molecule has 30 heavy (non-hydrogen) atoms. The van der Waals surface area contributed by atoms with Gasteiger partial charge < -0.3 is 10.6 Å². The predicted octanol–water partition coefficient (Wildman–Crippen LogP) is 5.49.